The summed E-state index contributed by atoms with van der Waals surface area (Å²) in [6.45, 7) is 7.42. The lowest BCUT2D eigenvalue weighted by Crippen LogP contribution is -2.36. The summed E-state index contributed by atoms with van der Waals surface area (Å²) in [4.78, 5) is 0. The van der Waals surface area contributed by atoms with E-state index in [1.807, 2.05) is 18.2 Å². The van der Waals surface area contributed by atoms with Crippen LogP contribution in [0.1, 0.15) is 39.0 Å². The minimum Gasteiger partial charge on any atom is -0.348 e. The first-order valence-electron chi connectivity index (χ1n) is 5.89. The summed E-state index contributed by atoms with van der Waals surface area (Å²) < 4.78 is 11.7. The molecule has 1 fully saturated rings. The Morgan fingerprint density at radius 1 is 1.12 bits per heavy atom. The SMILES string of the molecule is CC(C)(C)C1CCOC(c2ccccc2)O1. The van der Waals surface area contributed by atoms with Gasteiger partial charge in [-0.3, -0.25) is 0 Å². The van der Waals surface area contributed by atoms with Crippen molar-refractivity contribution in [3.8, 4) is 0 Å². The molecule has 0 spiro atoms. The average molecular weight is 220 g/mol. The number of hydrogen-bond donors (Lipinski definition) is 0. The van der Waals surface area contributed by atoms with Crippen LogP contribution in [0.15, 0.2) is 30.3 Å². The van der Waals surface area contributed by atoms with E-state index >= 15 is 0 Å². The van der Waals surface area contributed by atoms with Crippen LogP contribution in [0.2, 0.25) is 0 Å². The lowest BCUT2D eigenvalue weighted by molar-refractivity contribution is -0.238. The maximum atomic E-state index is 6.01. The van der Waals surface area contributed by atoms with Crippen molar-refractivity contribution in [2.24, 2.45) is 5.41 Å². The molecule has 0 aromatic heterocycles. The van der Waals surface area contributed by atoms with Crippen LogP contribution in [-0.2, 0) is 9.47 Å². The maximum Gasteiger partial charge on any atom is 0.184 e. The van der Waals surface area contributed by atoms with Crippen molar-refractivity contribution < 1.29 is 9.47 Å². The van der Waals surface area contributed by atoms with Gasteiger partial charge in [-0.15, -0.1) is 0 Å². The van der Waals surface area contributed by atoms with Crippen LogP contribution >= 0.6 is 0 Å². The third kappa shape index (κ3) is 2.63. The first kappa shape index (κ1) is 11.6. The zero-order chi connectivity index (χ0) is 11.6. The lowest BCUT2D eigenvalue weighted by atomic mass is 9.87. The molecule has 0 bridgehead atoms. The van der Waals surface area contributed by atoms with Gasteiger partial charge in [0.15, 0.2) is 6.29 Å². The monoisotopic (exact) mass is 220 g/mol. The molecule has 1 saturated heterocycles. The molecule has 2 atom stereocenters. The van der Waals surface area contributed by atoms with E-state index in [1.54, 1.807) is 0 Å². The third-order valence-electron chi connectivity index (χ3n) is 2.97. The van der Waals surface area contributed by atoms with E-state index in [9.17, 15) is 0 Å². The van der Waals surface area contributed by atoms with Crippen molar-refractivity contribution in [3.63, 3.8) is 0 Å². The highest BCUT2D eigenvalue weighted by molar-refractivity contribution is 5.16. The van der Waals surface area contributed by atoms with Crippen molar-refractivity contribution in [1.29, 1.82) is 0 Å². The van der Waals surface area contributed by atoms with Gasteiger partial charge in [0, 0.05) is 5.56 Å². The van der Waals surface area contributed by atoms with Gasteiger partial charge in [-0.1, -0.05) is 51.1 Å². The second-order valence-electron chi connectivity index (χ2n) is 5.39. The molecule has 88 valence electrons. The van der Waals surface area contributed by atoms with Gasteiger partial charge in [-0.05, 0) is 11.8 Å². The number of hydrogen-bond acceptors (Lipinski definition) is 2. The molecule has 2 rings (SSSR count). The fourth-order valence-corrected chi connectivity index (χ4v) is 1.96. The van der Waals surface area contributed by atoms with Crippen LogP contribution in [0.4, 0.5) is 0 Å². The Morgan fingerprint density at radius 2 is 1.81 bits per heavy atom. The van der Waals surface area contributed by atoms with E-state index in [4.69, 9.17) is 9.47 Å². The van der Waals surface area contributed by atoms with Gasteiger partial charge in [-0.25, -0.2) is 0 Å². The topological polar surface area (TPSA) is 18.5 Å². The van der Waals surface area contributed by atoms with Gasteiger partial charge >= 0.3 is 0 Å². The summed E-state index contributed by atoms with van der Waals surface area (Å²) in [5.74, 6) is 0. The van der Waals surface area contributed by atoms with Crippen LogP contribution in [0.3, 0.4) is 0 Å². The molecule has 1 aromatic carbocycles. The second-order valence-corrected chi connectivity index (χ2v) is 5.39. The summed E-state index contributed by atoms with van der Waals surface area (Å²) in [6.07, 6.45) is 1.05. The standard InChI is InChI=1S/C14H20O2/c1-14(2,3)12-9-10-15-13(16-12)11-7-5-4-6-8-11/h4-8,12-13H,9-10H2,1-3H3. The average Bonchev–Trinajstić information content (AvgIpc) is 2.29. The van der Waals surface area contributed by atoms with Gasteiger partial charge < -0.3 is 9.47 Å². The Morgan fingerprint density at radius 3 is 2.44 bits per heavy atom. The van der Waals surface area contributed by atoms with E-state index in [0.29, 0.717) is 0 Å². The molecule has 2 nitrogen and oxygen atoms in total. The molecule has 2 unspecified atom stereocenters. The Bertz CT molecular complexity index is 326. The van der Waals surface area contributed by atoms with Crippen LogP contribution in [-0.4, -0.2) is 12.7 Å². The Balaban J connectivity index is 2.08. The molecule has 2 heteroatoms. The van der Waals surface area contributed by atoms with Crippen molar-refractivity contribution in [2.45, 2.75) is 39.6 Å². The van der Waals surface area contributed by atoms with E-state index < -0.39 is 0 Å². The molecule has 16 heavy (non-hydrogen) atoms. The molecule has 1 aliphatic rings. The molecule has 1 aromatic rings. The Kier molecular flexibility index (Phi) is 3.31. The van der Waals surface area contributed by atoms with E-state index in [1.165, 1.54) is 0 Å². The minimum atomic E-state index is -0.195. The first-order chi connectivity index (χ1) is 7.57. The molecular formula is C14H20O2. The second kappa shape index (κ2) is 4.56. The number of benzene rings is 1. The van der Waals surface area contributed by atoms with Crippen LogP contribution in [0, 0.1) is 5.41 Å². The predicted molar refractivity (Wildman–Crippen MR) is 64.1 cm³/mol. The van der Waals surface area contributed by atoms with E-state index in [0.717, 1.165) is 18.6 Å². The minimum absolute atomic E-state index is 0.177. The van der Waals surface area contributed by atoms with Gasteiger partial charge in [0.1, 0.15) is 0 Å². The largest absolute Gasteiger partial charge is 0.348 e. The smallest absolute Gasteiger partial charge is 0.184 e. The van der Waals surface area contributed by atoms with Crippen molar-refractivity contribution in [1.82, 2.24) is 0 Å². The fraction of sp³-hybridized carbons (Fsp3) is 0.571. The Labute approximate surface area is 97.6 Å². The molecule has 1 aliphatic heterocycles. The zero-order valence-electron chi connectivity index (χ0n) is 10.3. The zero-order valence-corrected chi connectivity index (χ0v) is 10.3. The highest BCUT2D eigenvalue weighted by Gasteiger charge is 2.32. The van der Waals surface area contributed by atoms with E-state index in [2.05, 4.69) is 32.9 Å². The molecule has 0 radical (unpaired) electrons. The van der Waals surface area contributed by atoms with Crippen molar-refractivity contribution >= 4 is 0 Å². The highest BCUT2D eigenvalue weighted by Crippen LogP contribution is 2.34. The fourth-order valence-electron chi connectivity index (χ4n) is 1.96. The first-order valence-corrected chi connectivity index (χ1v) is 5.89. The molecule has 0 saturated carbocycles. The Hall–Kier alpha value is -0.860. The van der Waals surface area contributed by atoms with Gasteiger partial charge in [0.25, 0.3) is 0 Å². The summed E-state index contributed by atoms with van der Waals surface area (Å²) in [7, 11) is 0. The molecule has 0 aliphatic carbocycles. The number of ether oxygens (including phenoxy) is 2. The normalized spacial score (nSPS) is 26.7. The van der Waals surface area contributed by atoms with Gasteiger partial charge in [-0.2, -0.15) is 0 Å². The lowest BCUT2D eigenvalue weighted by Gasteiger charge is -2.38. The summed E-state index contributed by atoms with van der Waals surface area (Å²) >= 11 is 0. The van der Waals surface area contributed by atoms with Crippen molar-refractivity contribution in [2.75, 3.05) is 6.61 Å². The molecule has 0 N–H and O–H groups in total. The molecular weight excluding hydrogens is 200 g/mol. The quantitative estimate of drug-likeness (QED) is 0.720. The van der Waals surface area contributed by atoms with Crippen LogP contribution in [0.5, 0.6) is 0 Å². The third-order valence-corrected chi connectivity index (χ3v) is 2.97. The van der Waals surface area contributed by atoms with E-state index in [-0.39, 0.29) is 17.8 Å². The summed E-state index contributed by atoms with van der Waals surface area (Å²) in [5, 5.41) is 0. The van der Waals surface area contributed by atoms with Crippen molar-refractivity contribution in [3.05, 3.63) is 35.9 Å². The maximum absolute atomic E-state index is 6.01. The number of rotatable bonds is 1. The highest BCUT2D eigenvalue weighted by atomic mass is 16.7. The predicted octanol–water partition coefficient (Wildman–Crippen LogP) is 3.54. The van der Waals surface area contributed by atoms with Gasteiger partial charge in [0.2, 0.25) is 0 Å². The molecule has 1 heterocycles. The van der Waals surface area contributed by atoms with Gasteiger partial charge in [0.05, 0.1) is 12.7 Å². The summed E-state index contributed by atoms with van der Waals surface area (Å²) in [6, 6.07) is 10.1. The van der Waals surface area contributed by atoms with Crippen LogP contribution in [0.25, 0.3) is 0 Å². The summed E-state index contributed by atoms with van der Waals surface area (Å²) in [5.41, 5.74) is 1.29. The molecule has 0 amide bonds. The van der Waals surface area contributed by atoms with Crippen LogP contribution < -0.4 is 0 Å².